The molecule has 2 aromatic rings. The molecule has 0 atom stereocenters. The molecule has 1 amide bonds. The van der Waals surface area contributed by atoms with Crippen molar-refractivity contribution in [3.05, 3.63) is 23.9 Å². The lowest BCUT2D eigenvalue weighted by Crippen LogP contribution is -2.14. The second-order valence-electron chi connectivity index (χ2n) is 4.02. The van der Waals surface area contributed by atoms with Crippen LogP contribution in [0.1, 0.15) is 18.5 Å². The number of anilines is 1. The zero-order valence-corrected chi connectivity index (χ0v) is 9.05. The van der Waals surface area contributed by atoms with E-state index in [-0.39, 0.29) is 11.8 Å². The molecule has 0 radical (unpaired) electrons. The van der Waals surface area contributed by atoms with Gasteiger partial charge in [0.05, 0.1) is 0 Å². The Morgan fingerprint density at radius 3 is 3.06 bits per heavy atom. The molecule has 84 valence electrons. The number of carbonyl (C=O) groups excluding carboxylic acids is 1. The van der Waals surface area contributed by atoms with E-state index in [0.29, 0.717) is 17.3 Å². The molecular formula is C12H10N4O. The van der Waals surface area contributed by atoms with Crippen molar-refractivity contribution >= 4 is 17.5 Å². The molecule has 0 spiro atoms. The van der Waals surface area contributed by atoms with Gasteiger partial charge in [-0.2, -0.15) is 4.98 Å². The molecule has 1 N–H and O–H groups in total. The number of fused-ring (bicyclic) bond motifs is 1. The van der Waals surface area contributed by atoms with Crippen LogP contribution in [0.3, 0.4) is 0 Å². The average molecular weight is 226 g/mol. The van der Waals surface area contributed by atoms with E-state index in [2.05, 4.69) is 21.3 Å². The van der Waals surface area contributed by atoms with Crippen molar-refractivity contribution in [2.75, 3.05) is 5.32 Å². The largest absolute Gasteiger partial charge is 0.293 e. The molecule has 5 heteroatoms. The molecular weight excluding hydrogens is 216 g/mol. The predicted molar refractivity (Wildman–Crippen MR) is 62.3 cm³/mol. The van der Waals surface area contributed by atoms with Crippen LogP contribution in [0.4, 0.5) is 5.95 Å². The topological polar surface area (TPSA) is 59.3 Å². The SMILES string of the molecule is C#Cc1cccc2nc(NC(=O)C3CC3)nn12. The number of carbonyl (C=O) groups is 1. The Labute approximate surface area is 97.9 Å². The third-order valence-corrected chi connectivity index (χ3v) is 2.69. The molecule has 0 aliphatic heterocycles. The molecule has 0 unspecified atom stereocenters. The van der Waals surface area contributed by atoms with Crippen molar-refractivity contribution in [3.63, 3.8) is 0 Å². The first-order chi connectivity index (χ1) is 8.28. The van der Waals surface area contributed by atoms with Crippen molar-refractivity contribution in [3.8, 4) is 12.3 Å². The van der Waals surface area contributed by atoms with Crippen molar-refractivity contribution in [2.45, 2.75) is 12.8 Å². The molecule has 2 aromatic heterocycles. The van der Waals surface area contributed by atoms with E-state index in [9.17, 15) is 4.79 Å². The van der Waals surface area contributed by atoms with Gasteiger partial charge in [-0.3, -0.25) is 10.1 Å². The lowest BCUT2D eigenvalue weighted by atomic mass is 10.3. The molecule has 0 aromatic carbocycles. The summed E-state index contributed by atoms with van der Waals surface area (Å²) in [5.74, 6) is 2.95. The highest BCUT2D eigenvalue weighted by molar-refractivity contribution is 5.92. The summed E-state index contributed by atoms with van der Waals surface area (Å²) in [5.41, 5.74) is 1.24. The zero-order valence-electron chi connectivity index (χ0n) is 9.05. The van der Waals surface area contributed by atoms with Crippen LogP contribution in [0.5, 0.6) is 0 Å². The van der Waals surface area contributed by atoms with E-state index in [0.717, 1.165) is 12.8 Å². The van der Waals surface area contributed by atoms with Gasteiger partial charge in [0.15, 0.2) is 5.65 Å². The maximum absolute atomic E-state index is 11.6. The maximum atomic E-state index is 11.6. The average Bonchev–Trinajstić information content (AvgIpc) is 3.09. The molecule has 1 saturated carbocycles. The van der Waals surface area contributed by atoms with Gasteiger partial charge in [0, 0.05) is 5.92 Å². The van der Waals surface area contributed by atoms with Gasteiger partial charge in [0.2, 0.25) is 11.9 Å². The van der Waals surface area contributed by atoms with Gasteiger partial charge in [-0.25, -0.2) is 4.52 Å². The summed E-state index contributed by atoms with van der Waals surface area (Å²) in [6, 6.07) is 5.38. The number of aromatic nitrogens is 3. The van der Waals surface area contributed by atoms with Crippen LogP contribution in [-0.4, -0.2) is 20.5 Å². The van der Waals surface area contributed by atoms with Gasteiger partial charge in [-0.15, -0.1) is 11.5 Å². The second-order valence-corrected chi connectivity index (χ2v) is 4.02. The molecule has 0 bridgehead atoms. The summed E-state index contributed by atoms with van der Waals surface area (Å²) in [6.07, 6.45) is 7.27. The van der Waals surface area contributed by atoms with Crippen LogP contribution < -0.4 is 5.32 Å². The van der Waals surface area contributed by atoms with Crippen LogP contribution in [0.2, 0.25) is 0 Å². The molecule has 0 saturated heterocycles. The molecule has 3 rings (SSSR count). The highest BCUT2D eigenvalue weighted by atomic mass is 16.2. The van der Waals surface area contributed by atoms with E-state index in [1.165, 1.54) is 0 Å². The van der Waals surface area contributed by atoms with E-state index in [1.807, 2.05) is 6.07 Å². The Balaban J connectivity index is 1.96. The summed E-state index contributed by atoms with van der Waals surface area (Å²) >= 11 is 0. The van der Waals surface area contributed by atoms with Crippen molar-refractivity contribution in [1.82, 2.24) is 14.6 Å². The van der Waals surface area contributed by atoms with Gasteiger partial charge >= 0.3 is 0 Å². The minimum absolute atomic E-state index is 0.0110. The number of hydrogen-bond acceptors (Lipinski definition) is 3. The number of terminal acetylenes is 1. The monoisotopic (exact) mass is 226 g/mol. The van der Waals surface area contributed by atoms with Crippen molar-refractivity contribution in [2.24, 2.45) is 5.92 Å². The number of hydrogen-bond donors (Lipinski definition) is 1. The second kappa shape index (κ2) is 3.59. The first-order valence-corrected chi connectivity index (χ1v) is 5.41. The van der Waals surface area contributed by atoms with Crippen LogP contribution in [-0.2, 0) is 4.79 Å². The van der Waals surface area contributed by atoms with Crippen molar-refractivity contribution in [1.29, 1.82) is 0 Å². The molecule has 1 fully saturated rings. The Kier molecular flexibility index (Phi) is 2.08. The zero-order chi connectivity index (χ0) is 11.8. The van der Waals surface area contributed by atoms with Gasteiger partial charge in [-0.05, 0) is 25.0 Å². The Morgan fingerprint density at radius 2 is 2.35 bits per heavy atom. The van der Waals surface area contributed by atoms with E-state index < -0.39 is 0 Å². The number of nitrogens with zero attached hydrogens (tertiary/aromatic N) is 3. The van der Waals surface area contributed by atoms with Gasteiger partial charge in [-0.1, -0.05) is 12.0 Å². The molecule has 2 heterocycles. The maximum Gasteiger partial charge on any atom is 0.249 e. The first-order valence-electron chi connectivity index (χ1n) is 5.41. The van der Waals surface area contributed by atoms with E-state index in [1.54, 1.807) is 16.6 Å². The van der Waals surface area contributed by atoms with E-state index in [4.69, 9.17) is 6.42 Å². The molecule has 5 nitrogen and oxygen atoms in total. The fourth-order valence-corrected chi connectivity index (χ4v) is 1.63. The Bertz CT molecular complexity index is 633. The third kappa shape index (κ3) is 1.74. The fraction of sp³-hybridized carbons (Fsp3) is 0.250. The molecule has 17 heavy (non-hydrogen) atoms. The van der Waals surface area contributed by atoms with Gasteiger partial charge in [0.25, 0.3) is 0 Å². The quantitative estimate of drug-likeness (QED) is 0.779. The lowest BCUT2D eigenvalue weighted by molar-refractivity contribution is -0.117. The fourth-order valence-electron chi connectivity index (χ4n) is 1.63. The smallest absolute Gasteiger partial charge is 0.249 e. The Morgan fingerprint density at radius 1 is 1.53 bits per heavy atom. The Hall–Kier alpha value is -2.35. The number of amides is 1. The summed E-state index contributed by atoms with van der Waals surface area (Å²) in [7, 11) is 0. The highest BCUT2D eigenvalue weighted by Crippen LogP contribution is 2.29. The molecule has 1 aliphatic carbocycles. The van der Waals surface area contributed by atoms with Crippen LogP contribution in [0.25, 0.3) is 5.65 Å². The normalized spacial score (nSPS) is 14.5. The van der Waals surface area contributed by atoms with Gasteiger partial charge < -0.3 is 0 Å². The predicted octanol–water partition coefficient (Wildman–Crippen LogP) is 1.06. The highest BCUT2D eigenvalue weighted by Gasteiger charge is 2.30. The van der Waals surface area contributed by atoms with Crippen LogP contribution in [0, 0.1) is 18.3 Å². The third-order valence-electron chi connectivity index (χ3n) is 2.69. The molecule has 1 aliphatic rings. The number of rotatable bonds is 2. The van der Waals surface area contributed by atoms with E-state index >= 15 is 0 Å². The minimum atomic E-state index is -0.0110. The number of pyridine rings is 1. The minimum Gasteiger partial charge on any atom is -0.293 e. The lowest BCUT2D eigenvalue weighted by Gasteiger charge is -1.96. The summed E-state index contributed by atoms with van der Waals surface area (Å²) in [4.78, 5) is 15.8. The van der Waals surface area contributed by atoms with Gasteiger partial charge in [0.1, 0.15) is 5.69 Å². The van der Waals surface area contributed by atoms with Crippen molar-refractivity contribution < 1.29 is 4.79 Å². The summed E-state index contributed by atoms with van der Waals surface area (Å²) < 4.78 is 1.54. The number of nitrogens with one attached hydrogen (secondary N) is 1. The summed E-state index contributed by atoms with van der Waals surface area (Å²) in [6.45, 7) is 0. The standard InChI is InChI=1S/C12H10N4O/c1-2-9-4-3-5-10-13-12(15-16(9)10)14-11(17)8-6-7-8/h1,3-5,8H,6-7H2,(H,14,15,17). The first kappa shape index (κ1) is 9.85. The summed E-state index contributed by atoms with van der Waals surface area (Å²) in [5, 5.41) is 6.86. The van der Waals surface area contributed by atoms with Crippen LogP contribution >= 0.6 is 0 Å². The van der Waals surface area contributed by atoms with Crippen LogP contribution in [0.15, 0.2) is 18.2 Å².